The number of rotatable bonds is 5. The van der Waals surface area contributed by atoms with E-state index in [9.17, 15) is 0 Å². The van der Waals surface area contributed by atoms with Crippen LogP contribution in [0.25, 0.3) is 0 Å². The highest BCUT2D eigenvalue weighted by Crippen LogP contribution is 2.32. The summed E-state index contributed by atoms with van der Waals surface area (Å²) >= 11 is 0. The van der Waals surface area contributed by atoms with E-state index < -0.39 is 0 Å². The highest BCUT2D eigenvalue weighted by molar-refractivity contribution is 5.78. The molecule has 1 fully saturated rings. The fourth-order valence-electron chi connectivity index (χ4n) is 3.43. The zero-order valence-corrected chi connectivity index (χ0v) is 14.3. The van der Waals surface area contributed by atoms with Crippen LogP contribution in [-0.2, 0) is 9.47 Å². The molecule has 0 radical (unpaired) electrons. The molecule has 1 saturated heterocycles. The lowest BCUT2D eigenvalue weighted by atomic mass is 9.81. The van der Waals surface area contributed by atoms with Crippen LogP contribution < -0.4 is 15.8 Å². The van der Waals surface area contributed by atoms with Gasteiger partial charge in [0.05, 0.1) is 25.8 Å². The van der Waals surface area contributed by atoms with Gasteiger partial charge in [-0.2, -0.15) is 0 Å². The summed E-state index contributed by atoms with van der Waals surface area (Å²) in [5.41, 5.74) is 7.33. The molecule has 1 aromatic rings. The van der Waals surface area contributed by atoms with Gasteiger partial charge in [0.15, 0.2) is 5.96 Å². The van der Waals surface area contributed by atoms with E-state index in [-0.39, 0.29) is 11.5 Å². The van der Waals surface area contributed by atoms with Gasteiger partial charge >= 0.3 is 0 Å². The Morgan fingerprint density at radius 1 is 1.33 bits per heavy atom. The quantitative estimate of drug-likeness (QED) is 0.635. The van der Waals surface area contributed by atoms with Crippen molar-refractivity contribution in [2.45, 2.75) is 25.3 Å². The van der Waals surface area contributed by atoms with Crippen molar-refractivity contribution in [3.05, 3.63) is 29.8 Å². The number of guanidine groups is 1. The molecule has 0 aliphatic carbocycles. The van der Waals surface area contributed by atoms with E-state index in [4.69, 9.17) is 19.9 Å². The first kappa shape index (κ1) is 17.0. The molecule has 6 nitrogen and oxygen atoms in total. The van der Waals surface area contributed by atoms with Gasteiger partial charge in [-0.15, -0.1) is 0 Å². The molecule has 6 heteroatoms. The van der Waals surface area contributed by atoms with Crippen LogP contribution in [0, 0.1) is 5.41 Å². The smallest absolute Gasteiger partial charge is 0.189 e. The molecular formula is C18H27N3O3. The molecular weight excluding hydrogens is 306 g/mol. The second-order valence-corrected chi connectivity index (χ2v) is 6.62. The zero-order valence-electron chi connectivity index (χ0n) is 14.3. The number of nitrogens with two attached hydrogens (primary N) is 1. The minimum atomic E-state index is 0.0346. The maximum atomic E-state index is 6.16. The van der Waals surface area contributed by atoms with Crippen molar-refractivity contribution in [2.24, 2.45) is 16.1 Å². The normalized spacial score (nSPS) is 23.2. The number of hydrogen-bond donors (Lipinski definition) is 2. The SMILES string of the molecule is COCC1(CN=C(N)NC2CCOc3ccccc32)CCOCC1. The lowest BCUT2D eigenvalue weighted by Gasteiger charge is -2.35. The van der Waals surface area contributed by atoms with Crippen molar-refractivity contribution in [2.75, 3.05) is 40.1 Å². The van der Waals surface area contributed by atoms with E-state index in [2.05, 4.69) is 16.4 Å². The number of fused-ring (bicyclic) bond motifs is 1. The topological polar surface area (TPSA) is 78.1 Å². The van der Waals surface area contributed by atoms with Crippen molar-refractivity contribution in [3.8, 4) is 5.75 Å². The molecule has 0 aromatic heterocycles. The summed E-state index contributed by atoms with van der Waals surface area (Å²) in [7, 11) is 1.74. The highest BCUT2D eigenvalue weighted by Gasteiger charge is 2.32. The van der Waals surface area contributed by atoms with E-state index in [1.807, 2.05) is 18.2 Å². The highest BCUT2D eigenvalue weighted by atomic mass is 16.5. The molecule has 0 bridgehead atoms. The van der Waals surface area contributed by atoms with Crippen molar-refractivity contribution >= 4 is 5.96 Å². The van der Waals surface area contributed by atoms with Crippen LogP contribution in [-0.4, -0.2) is 46.0 Å². The van der Waals surface area contributed by atoms with Gasteiger partial charge in [0.1, 0.15) is 5.75 Å². The third-order valence-corrected chi connectivity index (χ3v) is 4.87. The summed E-state index contributed by atoms with van der Waals surface area (Å²) in [5.74, 6) is 1.41. The predicted octanol–water partition coefficient (Wildman–Crippen LogP) is 1.86. The van der Waals surface area contributed by atoms with Gasteiger partial charge in [-0.05, 0) is 18.9 Å². The average Bonchev–Trinajstić information content (AvgIpc) is 2.62. The lowest BCUT2D eigenvalue weighted by molar-refractivity contribution is -0.0223. The van der Waals surface area contributed by atoms with Crippen LogP contribution in [0.4, 0.5) is 0 Å². The Kier molecular flexibility index (Phi) is 5.58. The molecule has 3 N–H and O–H groups in total. The van der Waals surface area contributed by atoms with Gasteiger partial charge in [-0.3, -0.25) is 4.99 Å². The van der Waals surface area contributed by atoms with Crippen LogP contribution >= 0.6 is 0 Å². The van der Waals surface area contributed by atoms with Gasteiger partial charge < -0.3 is 25.3 Å². The third-order valence-electron chi connectivity index (χ3n) is 4.87. The number of hydrogen-bond acceptors (Lipinski definition) is 4. The molecule has 1 unspecified atom stereocenters. The molecule has 2 aliphatic heterocycles. The van der Waals surface area contributed by atoms with E-state index in [0.29, 0.717) is 25.7 Å². The fraction of sp³-hybridized carbons (Fsp3) is 0.611. The second kappa shape index (κ2) is 7.85. The fourth-order valence-corrected chi connectivity index (χ4v) is 3.43. The number of benzene rings is 1. The Hall–Kier alpha value is -1.79. The summed E-state index contributed by atoms with van der Waals surface area (Å²) in [6, 6.07) is 8.21. The van der Waals surface area contributed by atoms with Crippen molar-refractivity contribution in [1.82, 2.24) is 5.32 Å². The minimum absolute atomic E-state index is 0.0346. The molecule has 2 heterocycles. The number of methoxy groups -OCH3 is 1. The Labute approximate surface area is 143 Å². The van der Waals surface area contributed by atoms with Crippen molar-refractivity contribution < 1.29 is 14.2 Å². The van der Waals surface area contributed by atoms with Gasteiger partial charge in [-0.1, -0.05) is 18.2 Å². The number of nitrogens with one attached hydrogen (secondary N) is 1. The summed E-state index contributed by atoms with van der Waals surface area (Å²) in [4.78, 5) is 4.61. The molecule has 1 atom stereocenters. The summed E-state index contributed by atoms with van der Waals surface area (Å²) in [6.45, 7) is 3.56. The maximum Gasteiger partial charge on any atom is 0.189 e. The van der Waals surface area contributed by atoms with Crippen LogP contribution in [0.2, 0.25) is 0 Å². The van der Waals surface area contributed by atoms with Gasteiger partial charge in [0.2, 0.25) is 0 Å². The summed E-state index contributed by atoms with van der Waals surface area (Å²) in [6.07, 6.45) is 2.79. The lowest BCUT2D eigenvalue weighted by Crippen LogP contribution is -2.40. The molecule has 0 spiro atoms. The standard InChI is InChI=1S/C18H27N3O3/c1-22-13-18(7-10-23-11-8-18)12-20-17(19)21-15-6-9-24-16-5-3-2-4-14(15)16/h2-5,15H,6-13H2,1H3,(H3,19,20,21). The Morgan fingerprint density at radius 3 is 2.92 bits per heavy atom. The third kappa shape index (κ3) is 3.99. The number of aliphatic imine (C=N–C) groups is 1. The zero-order chi connectivity index (χ0) is 16.8. The van der Waals surface area contributed by atoms with Crippen molar-refractivity contribution in [1.29, 1.82) is 0 Å². The van der Waals surface area contributed by atoms with Crippen LogP contribution in [0.5, 0.6) is 5.75 Å². The first-order chi connectivity index (χ1) is 11.7. The molecule has 1 aromatic carbocycles. The summed E-state index contributed by atoms with van der Waals surface area (Å²) in [5, 5.41) is 3.35. The predicted molar refractivity (Wildman–Crippen MR) is 93.3 cm³/mol. The molecule has 24 heavy (non-hydrogen) atoms. The maximum absolute atomic E-state index is 6.16. The first-order valence-electron chi connectivity index (χ1n) is 8.57. The second-order valence-electron chi connectivity index (χ2n) is 6.62. The van der Waals surface area contributed by atoms with Gasteiger partial charge in [-0.25, -0.2) is 0 Å². The molecule has 3 rings (SSSR count). The van der Waals surface area contributed by atoms with Crippen LogP contribution in [0.3, 0.4) is 0 Å². The molecule has 2 aliphatic rings. The van der Waals surface area contributed by atoms with Crippen LogP contribution in [0.1, 0.15) is 30.9 Å². The number of nitrogens with zero attached hydrogens (tertiary/aromatic N) is 1. The van der Waals surface area contributed by atoms with E-state index in [1.165, 1.54) is 0 Å². The largest absolute Gasteiger partial charge is 0.493 e. The first-order valence-corrected chi connectivity index (χ1v) is 8.57. The average molecular weight is 333 g/mol. The van der Waals surface area contributed by atoms with Gasteiger partial charge in [0.25, 0.3) is 0 Å². The Bertz CT molecular complexity index is 565. The van der Waals surface area contributed by atoms with E-state index >= 15 is 0 Å². The molecule has 0 saturated carbocycles. The van der Waals surface area contributed by atoms with Crippen molar-refractivity contribution in [3.63, 3.8) is 0 Å². The Balaban J connectivity index is 1.64. The molecule has 0 amide bonds. The molecule has 132 valence electrons. The summed E-state index contributed by atoms with van der Waals surface area (Å²) < 4.78 is 16.6. The van der Waals surface area contributed by atoms with E-state index in [0.717, 1.165) is 43.8 Å². The van der Waals surface area contributed by atoms with Gasteiger partial charge in [0, 0.05) is 37.7 Å². The van der Waals surface area contributed by atoms with Crippen LogP contribution in [0.15, 0.2) is 29.3 Å². The van der Waals surface area contributed by atoms with E-state index in [1.54, 1.807) is 7.11 Å². The number of para-hydroxylation sites is 1. The Morgan fingerprint density at radius 2 is 2.12 bits per heavy atom. The number of ether oxygens (including phenoxy) is 3. The minimum Gasteiger partial charge on any atom is -0.493 e. The monoisotopic (exact) mass is 333 g/mol.